The summed E-state index contributed by atoms with van der Waals surface area (Å²) in [5.74, 6) is -0.142. The molecule has 3 nitrogen and oxygen atoms in total. The Morgan fingerprint density at radius 2 is 2.07 bits per heavy atom. The van der Waals surface area contributed by atoms with Gasteiger partial charge in [-0.1, -0.05) is 37.3 Å². The van der Waals surface area contributed by atoms with Gasteiger partial charge in [0.2, 0.25) is 0 Å². The van der Waals surface area contributed by atoms with Crippen molar-refractivity contribution in [1.82, 2.24) is 5.32 Å². The molecule has 15 heavy (non-hydrogen) atoms. The fourth-order valence-corrected chi connectivity index (χ4v) is 1.17. The van der Waals surface area contributed by atoms with Gasteiger partial charge in [-0.15, -0.1) is 0 Å². The summed E-state index contributed by atoms with van der Waals surface area (Å²) in [6.07, 6.45) is 0.443. The van der Waals surface area contributed by atoms with Gasteiger partial charge in [-0.2, -0.15) is 0 Å². The molecule has 0 radical (unpaired) electrons. The largest absolute Gasteiger partial charge is 0.464 e. The number of rotatable bonds is 6. The van der Waals surface area contributed by atoms with Crippen molar-refractivity contribution >= 4 is 5.97 Å². The molecule has 0 amide bonds. The molecule has 82 valence electrons. The first-order chi connectivity index (χ1) is 7.33. The van der Waals surface area contributed by atoms with Crippen molar-refractivity contribution in [3.63, 3.8) is 0 Å². The summed E-state index contributed by atoms with van der Waals surface area (Å²) in [6.45, 7) is 3.74. The Balaban J connectivity index is 2.05. The van der Waals surface area contributed by atoms with E-state index in [1.54, 1.807) is 6.92 Å². The van der Waals surface area contributed by atoms with E-state index in [1.807, 2.05) is 18.2 Å². The summed E-state index contributed by atoms with van der Waals surface area (Å²) in [4.78, 5) is 10.8. The Labute approximate surface area is 90.4 Å². The van der Waals surface area contributed by atoms with Crippen LogP contribution in [0.2, 0.25) is 0 Å². The fraction of sp³-hybridized carbons (Fsp3) is 0.417. The van der Waals surface area contributed by atoms with E-state index >= 15 is 0 Å². The van der Waals surface area contributed by atoms with Crippen molar-refractivity contribution in [2.75, 3.05) is 13.2 Å². The lowest BCUT2D eigenvalue weighted by molar-refractivity contribution is -0.143. The normalized spacial score (nSPS) is 9.93. The zero-order valence-electron chi connectivity index (χ0n) is 9.03. The van der Waals surface area contributed by atoms with E-state index < -0.39 is 0 Å². The zero-order valence-corrected chi connectivity index (χ0v) is 9.03. The molecule has 1 aromatic rings. The fourth-order valence-electron chi connectivity index (χ4n) is 1.17. The molecule has 0 fully saturated rings. The molecule has 1 rings (SSSR count). The minimum absolute atomic E-state index is 0.142. The molecule has 0 spiro atoms. The highest BCUT2D eigenvalue weighted by atomic mass is 16.5. The molecular formula is C12H17NO2. The summed E-state index contributed by atoms with van der Waals surface area (Å²) in [6, 6.07) is 10.1. The maximum atomic E-state index is 10.8. The van der Waals surface area contributed by atoms with Crippen LogP contribution in [0, 0.1) is 0 Å². The quantitative estimate of drug-likeness (QED) is 0.570. The van der Waals surface area contributed by atoms with Crippen molar-refractivity contribution in [3.05, 3.63) is 35.9 Å². The third kappa shape index (κ3) is 5.18. The van der Waals surface area contributed by atoms with Crippen LogP contribution in [0.15, 0.2) is 30.3 Å². The molecular weight excluding hydrogens is 190 g/mol. The first-order valence-electron chi connectivity index (χ1n) is 5.23. The third-order valence-electron chi connectivity index (χ3n) is 2.00. The van der Waals surface area contributed by atoms with Crippen molar-refractivity contribution in [2.45, 2.75) is 19.9 Å². The SMILES string of the molecule is CCC(=O)OCCNCc1ccccc1. The van der Waals surface area contributed by atoms with E-state index in [9.17, 15) is 4.79 Å². The predicted molar refractivity (Wildman–Crippen MR) is 59.4 cm³/mol. The smallest absolute Gasteiger partial charge is 0.305 e. The summed E-state index contributed by atoms with van der Waals surface area (Å²) in [7, 11) is 0. The number of hydrogen-bond acceptors (Lipinski definition) is 3. The number of hydrogen-bond donors (Lipinski definition) is 1. The van der Waals surface area contributed by atoms with E-state index in [1.165, 1.54) is 5.56 Å². The number of carbonyl (C=O) groups excluding carboxylic acids is 1. The number of nitrogens with one attached hydrogen (secondary N) is 1. The molecule has 0 saturated carbocycles. The maximum Gasteiger partial charge on any atom is 0.305 e. The average Bonchev–Trinajstić information content (AvgIpc) is 2.29. The van der Waals surface area contributed by atoms with E-state index in [4.69, 9.17) is 4.74 Å². The topological polar surface area (TPSA) is 38.3 Å². The van der Waals surface area contributed by atoms with E-state index in [0.29, 0.717) is 19.6 Å². The molecule has 0 unspecified atom stereocenters. The Kier molecular flexibility index (Phi) is 5.48. The highest BCUT2D eigenvalue weighted by Gasteiger charge is 1.96. The van der Waals surface area contributed by atoms with Gasteiger partial charge in [-0.3, -0.25) is 4.79 Å². The molecule has 0 heterocycles. The molecule has 3 heteroatoms. The molecule has 0 aliphatic rings. The summed E-state index contributed by atoms with van der Waals surface area (Å²) < 4.78 is 4.93. The highest BCUT2D eigenvalue weighted by molar-refractivity contribution is 5.68. The van der Waals surface area contributed by atoms with Crippen molar-refractivity contribution in [1.29, 1.82) is 0 Å². The maximum absolute atomic E-state index is 10.8. The van der Waals surface area contributed by atoms with Gasteiger partial charge in [-0.25, -0.2) is 0 Å². The van der Waals surface area contributed by atoms with Crippen LogP contribution in [0.5, 0.6) is 0 Å². The molecule has 0 aromatic heterocycles. The van der Waals surface area contributed by atoms with Gasteiger partial charge in [0, 0.05) is 19.5 Å². The average molecular weight is 207 g/mol. The Hall–Kier alpha value is -1.35. The van der Waals surface area contributed by atoms with Gasteiger partial charge >= 0.3 is 5.97 Å². The van der Waals surface area contributed by atoms with Gasteiger partial charge in [0.1, 0.15) is 6.61 Å². The number of benzene rings is 1. The Morgan fingerprint density at radius 1 is 1.33 bits per heavy atom. The lowest BCUT2D eigenvalue weighted by atomic mass is 10.2. The van der Waals surface area contributed by atoms with Gasteiger partial charge in [-0.05, 0) is 5.56 Å². The standard InChI is InChI=1S/C12H17NO2/c1-2-12(14)15-9-8-13-10-11-6-4-3-5-7-11/h3-7,13H,2,8-10H2,1H3. The lowest BCUT2D eigenvalue weighted by Crippen LogP contribution is -2.20. The summed E-state index contributed by atoms with van der Waals surface area (Å²) in [5.41, 5.74) is 1.24. The first kappa shape index (κ1) is 11.7. The Morgan fingerprint density at radius 3 is 2.73 bits per heavy atom. The Bertz CT molecular complexity index is 285. The van der Waals surface area contributed by atoms with Crippen LogP contribution in [0.3, 0.4) is 0 Å². The van der Waals surface area contributed by atoms with Crippen LogP contribution in [0.25, 0.3) is 0 Å². The van der Waals surface area contributed by atoms with Crippen molar-refractivity contribution in [3.8, 4) is 0 Å². The molecule has 1 aromatic carbocycles. The lowest BCUT2D eigenvalue weighted by Gasteiger charge is -2.05. The van der Waals surface area contributed by atoms with Crippen molar-refractivity contribution in [2.24, 2.45) is 0 Å². The predicted octanol–water partition coefficient (Wildman–Crippen LogP) is 1.73. The highest BCUT2D eigenvalue weighted by Crippen LogP contribution is 1.96. The number of ether oxygens (including phenoxy) is 1. The second kappa shape index (κ2) is 7.01. The zero-order chi connectivity index (χ0) is 10.9. The first-order valence-corrected chi connectivity index (χ1v) is 5.23. The van der Waals surface area contributed by atoms with Gasteiger partial charge in [0.15, 0.2) is 0 Å². The van der Waals surface area contributed by atoms with Gasteiger partial charge in [0.05, 0.1) is 0 Å². The van der Waals surface area contributed by atoms with E-state index in [-0.39, 0.29) is 5.97 Å². The molecule has 0 atom stereocenters. The number of esters is 1. The third-order valence-corrected chi connectivity index (χ3v) is 2.00. The van der Waals surface area contributed by atoms with Crippen LogP contribution in [-0.2, 0) is 16.1 Å². The molecule has 0 aliphatic heterocycles. The van der Waals surface area contributed by atoms with E-state index in [2.05, 4.69) is 17.4 Å². The second-order valence-electron chi connectivity index (χ2n) is 3.24. The van der Waals surface area contributed by atoms with Crippen LogP contribution >= 0.6 is 0 Å². The molecule has 0 aliphatic carbocycles. The van der Waals surface area contributed by atoms with Crippen molar-refractivity contribution < 1.29 is 9.53 Å². The molecule has 0 saturated heterocycles. The van der Waals surface area contributed by atoms with Crippen LogP contribution in [0.1, 0.15) is 18.9 Å². The number of carbonyl (C=O) groups is 1. The molecule has 1 N–H and O–H groups in total. The van der Waals surface area contributed by atoms with Gasteiger partial charge < -0.3 is 10.1 Å². The minimum atomic E-state index is -0.142. The summed E-state index contributed by atoms with van der Waals surface area (Å²) in [5, 5.41) is 3.20. The monoisotopic (exact) mass is 207 g/mol. The second-order valence-corrected chi connectivity index (χ2v) is 3.24. The van der Waals surface area contributed by atoms with Crippen LogP contribution < -0.4 is 5.32 Å². The van der Waals surface area contributed by atoms with Gasteiger partial charge in [0.25, 0.3) is 0 Å². The molecule has 0 bridgehead atoms. The van der Waals surface area contributed by atoms with Crippen LogP contribution in [0.4, 0.5) is 0 Å². The van der Waals surface area contributed by atoms with E-state index in [0.717, 1.165) is 6.54 Å². The summed E-state index contributed by atoms with van der Waals surface area (Å²) >= 11 is 0. The van der Waals surface area contributed by atoms with Crippen LogP contribution in [-0.4, -0.2) is 19.1 Å². The minimum Gasteiger partial charge on any atom is -0.464 e.